The smallest absolute Gasteiger partial charge is 0.265 e. The molecular weight excluding hydrogens is 309 g/mol. The van der Waals surface area contributed by atoms with Gasteiger partial charge in [-0.2, -0.15) is 0 Å². The number of anilines is 1. The summed E-state index contributed by atoms with van der Waals surface area (Å²) in [5.74, 6) is -0.0848. The minimum absolute atomic E-state index is 0.0526. The zero-order valence-electron chi connectivity index (χ0n) is 12.9. The van der Waals surface area contributed by atoms with Crippen LogP contribution in [0.25, 0.3) is 0 Å². The number of benzene rings is 2. The van der Waals surface area contributed by atoms with Crippen molar-refractivity contribution < 1.29 is 18.3 Å². The van der Waals surface area contributed by atoms with Crippen molar-refractivity contribution in [2.75, 3.05) is 11.5 Å². The average Bonchev–Trinajstić information content (AvgIpc) is 3.13. The SMILES string of the molecule is O=C(COc1ccccc1F)N(Cc1ccco1)c1ccccc1. The predicted octanol–water partition coefficient (Wildman–Crippen LogP) is 4.03. The fourth-order valence-corrected chi connectivity index (χ4v) is 2.27. The summed E-state index contributed by atoms with van der Waals surface area (Å²) in [5.41, 5.74) is 0.719. The van der Waals surface area contributed by atoms with Gasteiger partial charge in [-0.1, -0.05) is 30.3 Å². The van der Waals surface area contributed by atoms with Crippen LogP contribution in [0.3, 0.4) is 0 Å². The molecule has 1 amide bonds. The third-order valence-corrected chi connectivity index (χ3v) is 3.45. The molecule has 0 aliphatic rings. The first-order chi connectivity index (χ1) is 11.7. The zero-order chi connectivity index (χ0) is 16.8. The molecule has 1 heterocycles. The molecule has 0 bridgehead atoms. The minimum atomic E-state index is -0.498. The number of para-hydroxylation sites is 2. The standard InChI is InChI=1S/C19H16FNO3/c20-17-10-4-5-11-18(17)24-14-19(22)21(13-16-9-6-12-23-16)15-7-2-1-3-8-15/h1-12H,13-14H2. The number of hydrogen-bond donors (Lipinski definition) is 0. The number of furan rings is 1. The van der Waals surface area contributed by atoms with E-state index in [9.17, 15) is 9.18 Å². The summed E-state index contributed by atoms with van der Waals surface area (Å²) < 4.78 is 24.3. The predicted molar refractivity (Wildman–Crippen MR) is 88.2 cm³/mol. The molecule has 3 aromatic rings. The summed E-state index contributed by atoms with van der Waals surface area (Å²) in [6, 6.07) is 18.8. The summed E-state index contributed by atoms with van der Waals surface area (Å²) in [6.45, 7) is 0.00696. The molecule has 0 N–H and O–H groups in total. The van der Waals surface area contributed by atoms with E-state index in [1.807, 2.05) is 30.3 Å². The van der Waals surface area contributed by atoms with Gasteiger partial charge < -0.3 is 14.1 Å². The molecule has 0 atom stereocenters. The lowest BCUT2D eigenvalue weighted by molar-refractivity contribution is -0.120. The summed E-state index contributed by atoms with van der Waals surface area (Å²) in [7, 11) is 0. The van der Waals surface area contributed by atoms with Crippen LogP contribution in [0.15, 0.2) is 77.4 Å². The molecular formula is C19H16FNO3. The highest BCUT2D eigenvalue weighted by Crippen LogP contribution is 2.19. The Morgan fingerprint density at radius 1 is 1.00 bits per heavy atom. The number of hydrogen-bond acceptors (Lipinski definition) is 3. The third kappa shape index (κ3) is 3.81. The van der Waals surface area contributed by atoms with Crippen molar-refractivity contribution in [3.05, 3.63) is 84.6 Å². The van der Waals surface area contributed by atoms with Gasteiger partial charge in [0.25, 0.3) is 5.91 Å². The Kier molecular flexibility index (Phi) is 4.91. The fraction of sp³-hybridized carbons (Fsp3) is 0.105. The molecule has 1 aromatic heterocycles. The number of carbonyl (C=O) groups is 1. The van der Waals surface area contributed by atoms with Crippen LogP contribution < -0.4 is 9.64 Å². The lowest BCUT2D eigenvalue weighted by Gasteiger charge is -2.22. The number of carbonyl (C=O) groups excluding carboxylic acids is 1. The summed E-state index contributed by atoms with van der Waals surface area (Å²) >= 11 is 0. The minimum Gasteiger partial charge on any atom is -0.481 e. The van der Waals surface area contributed by atoms with Gasteiger partial charge in [-0.3, -0.25) is 4.79 Å². The lowest BCUT2D eigenvalue weighted by Crippen LogP contribution is -2.34. The van der Waals surface area contributed by atoms with E-state index in [-0.39, 0.29) is 24.8 Å². The van der Waals surface area contributed by atoms with E-state index in [1.165, 1.54) is 12.1 Å². The number of halogens is 1. The van der Waals surface area contributed by atoms with Crippen LogP contribution in [0.5, 0.6) is 5.75 Å². The van der Waals surface area contributed by atoms with Crippen molar-refractivity contribution in [1.29, 1.82) is 0 Å². The van der Waals surface area contributed by atoms with Crippen molar-refractivity contribution in [3.63, 3.8) is 0 Å². The van der Waals surface area contributed by atoms with Gasteiger partial charge in [-0.05, 0) is 36.4 Å². The number of amides is 1. The summed E-state index contributed by atoms with van der Waals surface area (Å²) in [5, 5.41) is 0. The molecule has 0 aliphatic carbocycles. The molecule has 0 radical (unpaired) electrons. The van der Waals surface area contributed by atoms with Crippen LogP contribution in [-0.4, -0.2) is 12.5 Å². The Bertz CT molecular complexity index is 787. The highest BCUT2D eigenvalue weighted by molar-refractivity contribution is 5.94. The van der Waals surface area contributed by atoms with Crippen LogP contribution in [0.2, 0.25) is 0 Å². The maximum Gasteiger partial charge on any atom is 0.265 e. The lowest BCUT2D eigenvalue weighted by atomic mass is 10.2. The molecule has 0 fully saturated rings. The molecule has 0 unspecified atom stereocenters. The molecule has 2 aromatic carbocycles. The molecule has 5 heteroatoms. The maximum atomic E-state index is 13.6. The number of nitrogens with zero attached hydrogens (tertiary/aromatic N) is 1. The summed E-state index contributed by atoms with van der Waals surface area (Å²) in [4.78, 5) is 14.1. The van der Waals surface area contributed by atoms with Crippen molar-refractivity contribution in [2.45, 2.75) is 6.54 Å². The van der Waals surface area contributed by atoms with Gasteiger partial charge in [0, 0.05) is 5.69 Å². The van der Waals surface area contributed by atoms with Crippen molar-refractivity contribution >= 4 is 11.6 Å². The van der Waals surface area contributed by atoms with E-state index in [0.29, 0.717) is 5.76 Å². The first kappa shape index (κ1) is 15.8. The molecule has 0 saturated heterocycles. The largest absolute Gasteiger partial charge is 0.481 e. The van der Waals surface area contributed by atoms with E-state index < -0.39 is 5.82 Å². The van der Waals surface area contributed by atoms with Gasteiger partial charge >= 0.3 is 0 Å². The monoisotopic (exact) mass is 325 g/mol. The molecule has 3 rings (SSSR count). The van der Waals surface area contributed by atoms with Crippen LogP contribution in [0.4, 0.5) is 10.1 Å². The van der Waals surface area contributed by atoms with E-state index >= 15 is 0 Å². The van der Waals surface area contributed by atoms with Crippen molar-refractivity contribution in [1.82, 2.24) is 0 Å². The quantitative estimate of drug-likeness (QED) is 0.687. The Hall–Kier alpha value is -3.08. The van der Waals surface area contributed by atoms with E-state index in [1.54, 1.807) is 35.4 Å². The van der Waals surface area contributed by atoms with E-state index in [4.69, 9.17) is 9.15 Å². The van der Waals surface area contributed by atoms with Crippen molar-refractivity contribution in [2.24, 2.45) is 0 Å². The second-order valence-electron chi connectivity index (χ2n) is 5.11. The van der Waals surface area contributed by atoms with Crippen molar-refractivity contribution in [3.8, 4) is 5.75 Å². The number of ether oxygens (including phenoxy) is 1. The van der Waals surface area contributed by atoms with Crippen LogP contribution in [-0.2, 0) is 11.3 Å². The molecule has 0 spiro atoms. The van der Waals surface area contributed by atoms with E-state index in [2.05, 4.69) is 0 Å². The molecule has 24 heavy (non-hydrogen) atoms. The molecule has 122 valence electrons. The normalized spacial score (nSPS) is 10.4. The summed E-state index contributed by atoms with van der Waals surface area (Å²) in [6.07, 6.45) is 1.55. The van der Waals surface area contributed by atoms with Crippen LogP contribution in [0, 0.1) is 5.82 Å². The van der Waals surface area contributed by atoms with Gasteiger partial charge in [-0.15, -0.1) is 0 Å². The highest BCUT2D eigenvalue weighted by atomic mass is 19.1. The highest BCUT2D eigenvalue weighted by Gasteiger charge is 2.18. The van der Waals surface area contributed by atoms with E-state index in [0.717, 1.165) is 5.69 Å². The first-order valence-corrected chi connectivity index (χ1v) is 7.49. The third-order valence-electron chi connectivity index (χ3n) is 3.45. The molecule has 0 saturated carbocycles. The van der Waals surface area contributed by atoms with Gasteiger partial charge in [0.05, 0.1) is 12.8 Å². The second-order valence-corrected chi connectivity index (χ2v) is 5.11. The van der Waals surface area contributed by atoms with Gasteiger partial charge in [0.2, 0.25) is 0 Å². The number of rotatable bonds is 6. The molecule has 4 nitrogen and oxygen atoms in total. The Morgan fingerprint density at radius 3 is 2.46 bits per heavy atom. The fourth-order valence-electron chi connectivity index (χ4n) is 2.27. The first-order valence-electron chi connectivity index (χ1n) is 7.49. The Labute approximate surface area is 139 Å². The van der Waals surface area contributed by atoms with Gasteiger partial charge in [-0.25, -0.2) is 4.39 Å². The maximum absolute atomic E-state index is 13.6. The van der Waals surface area contributed by atoms with Gasteiger partial charge in [0.15, 0.2) is 18.2 Å². The zero-order valence-corrected chi connectivity index (χ0v) is 12.9. The van der Waals surface area contributed by atoms with Crippen LogP contribution >= 0.6 is 0 Å². The van der Waals surface area contributed by atoms with Gasteiger partial charge in [0.1, 0.15) is 5.76 Å². The average molecular weight is 325 g/mol. The topological polar surface area (TPSA) is 42.7 Å². The Balaban J connectivity index is 1.75. The molecule has 0 aliphatic heterocycles. The second kappa shape index (κ2) is 7.46. The van der Waals surface area contributed by atoms with Crippen LogP contribution in [0.1, 0.15) is 5.76 Å². The Morgan fingerprint density at radius 2 is 1.75 bits per heavy atom.